The average molecular weight is 552 g/mol. The van der Waals surface area contributed by atoms with Crippen LogP contribution in [0, 0.1) is 23.4 Å². The molecule has 1 amide bonds. The molecule has 1 saturated carbocycles. The standard InChI is InChI=1S/C29H24F3N3O3S/c30-21-6-4-19(5-7-21)17-35(18-26-27(31)2-1-3-28(26)32)39(37,38)23-10-8-22(9-11-23)34-29(36)25-16-24(25)20-12-14-33-15-13-20/h1-15,24-25H,16-18H2,(H,34,36). The van der Waals surface area contributed by atoms with Gasteiger partial charge in [-0.2, -0.15) is 4.31 Å². The van der Waals surface area contributed by atoms with Crippen LogP contribution in [0.3, 0.4) is 0 Å². The molecule has 6 nitrogen and oxygen atoms in total. The Morgan fingerprint density at radius 1 is 0.872 bits per heavy atom. The third-order valence-corrected chi connectivity index (χ3v) is 8.50. The quantitative estimate of drug-likeness (QED) is 0.292. The number of benzene rings is 3. The Morgan fingerprint density at radius 2 is 1.51 bits per heavy atom. The fourth-order valence-electron chi connectivity index (χ4n) is 4.44. The van der Waals surface area contributed by atoms with E-state index in [9.17, 15) is 26.4 Å². The van der Waals surface area contributed by atoms with Crippen molar-refractivity contribution >= 4 is 21.6 Å². The third-order valence-electron chi connectivity index (χ3n) is 6.69. The summed E-state index contributed by atoms with van der Waals surface area (Å²) in [6, 6.07) is 17.8. The highest BCUT2D eigenvalue weighted by Crippen LogP contribution is 2.47. The molecule has 1 aromatic heterocycles. The molecule has 0 saturated heterocycles. The summed E-state index contributed by atoms with van der Waals surface area (Å²) in [5, 5.41) is 2.81. The van der Waals surface area contributed by atoms with E-state index in [1.165, 1.54) is 54.6 Å². The monoisotopic (exact) mass is 551 g/mol. The van der Waals surface area contributed by atoms with E-state index in [0.717, 1.165) is 22.0 Å². The van der Waals surface area contributed by atoms with Crippen LogP contribution < -0.4 is 5.32 Å². The number of carbonyl (C=O) groups excluding carboxylic acids is 1. The first-order valence-corrected chi connectivity index (χ1v) is 13.6. The van der Waals surface area contributed by atoms with E-state index in [0.29, 0.717) is 17.7 Å². The van der Waals surface area contributed by atoms with Crippen LogP contribution in [0.1, 0.15) is 29.0 Å². The van der Waals surface area contributed by atoms with Gasteiger partial charge in [0.25, 0.3) is 0 Å². The fraction of sp³-hybridized carbons (Fsp3) is 0.172. The van der Waals surface area contributed by atoms with E-state index in [-0.39, 0.29) is 29.2 Å². The Bertz CT molecular complexity index is 1560. The number of hydrogen-bond acceptors (Lipinski definition) is 4. The van der Waals surface area contributed by atoms with Gasteiger partial charge in [-0.25, -0.2) is 21.6 Å². The van der Waals surface area contributed by atoms with Crippen molar-refractivity contribution in [1.82, 2.24) is 9.29 Å². The van der Waals surface area contributed by atoms with Crippen molar-refractivity contribution in [3.63, 3.8) is 0 Å². The van der Waals surface area contributed by atoms with Gasteiger partial charge in [-0.3, -0.25) is 9.78 Å². The Labute approximate surface area is 224 Å². The predicted octanol–water partition coefficient (Wildman–Crippen LogP) is 5.63. The number of halogens is 3. The summed E-state index contributed by atoms with van der Waals surface area (Å²) in [7, 11) is -4.25. The van der Waals surface area contributed by atoms with Crippen molar-refractivity contribution in [2.75, 3.05) is 5.32 Å². The topological polar surface area (TPSA) is 79.4 Å². The van der Waals surface area contributed by atoms with Crippen LogP contribution in [0.15, 0.2) is 96.2 Å². The molecule has 5 rings (SSSR count). The zero-order valence-corrected chi connectivity index (χ0v) is 21.4. The first-order chi connectivity index (χ1) is 18.7. The minimum absolute atomic E-state index is 0.117. The Balaban J connectivity index is 1.34. The van der Waals surface area contributed by atoms with Gasteiger partial charge in [0.15, 0.2) is 0 Å². The van der Waals surface area contributed by atoms with Gasteiger partial charge in [0.1, 0.15) is 17.5 Å². The Kier molecular flexibility index (Phi) is 7.49. The van der Waals surface area contributed by atoms with Crippen LogP contribution in [-0.2, 0) is 27.9 Å². The Morgan fingerprint density at radius 3 is 2.15 bits per heavy atom. The number of carbonyl (C=O) groups is 1. The van der Waals surface area contributed by atoms with Crippen molar-refractivity contribution in [2.24, 2.45) is 5.92 Å². The molecule has 0 bridgehead atoms. The molecule has 2 unspecified atom stereocenters. The molecular formula is C29H24F3N3O3S. The maximum Gasteiger partial charge on any atom is 0.243 e. The van der Waals surface area contributed by atoms with Crippen molar-refractivity contribution < 1.29 is 26.4 Å². The molecule has 1 aliphatic rings. The molecule has 1 aliphatic carbocycles. The van der Waals surface area contributed by atoms with E-state index in [1.54, 1.807) is 12.4 Å². The first kappa shape index (κ1) is 26.6. The van der Waals surface area contributed by atoms with Gasteiger partial charge < -0.3 is 5.32 Å². The largest absolute Gasteiger partial charge is 0.326 e. The number of hydrogen-bond donors (Lipinski definition) is 1. The second-order valence-corrected chi connectivity index (χ2v) is 11.3. The lowest BCUT2D eigenvalue weighted by atomic mass is 10.1. The third kappa shape index (κ3) is 6.02. The van der Waals surface area contributed by atoms with Crippen LogP contribution in [0.4, 0.5) is 18.9 Å². The Hall–Kier alpha value is -4.02. The molecule has 4 aromatic rings. The molecule has 1 heterocycles. The fourth-order valence-corrected chi connectivity index (χ4v) is 5.83. The molecule has 200 valence electrons. The van der Waals surface area contributed by atoms with E-state index in [2.05, 4.69) is 10.3 Å². The number of nitrogens with zero attached hydrogens (tertiary/aromatic N) is 2. The lowest BCUT2D eigenvalue weighted by Crippen LogP contribution is -2.31. The van der Waals surface area contributed by atoms with Gasteiger partial charge >= 0.3 is 0 Å². The predicted molar refractivity (Wildman–Crippen MR) is 139 cm³/mol. The van der Waals surface area contributed by atoms with Crippen molar-refractivity contribution in [1.29, 1.82) is 0 Å². The number of pyridine rings is 1. The second-order valence-electron chi connectivity index (χ2n) is 9.34. The SMILES string of the molecule is O=C(Nc1ccc(S(=O)(=O)N(Cc2ccc(F)cc2)Cc2c(F)cccc2F)cc1)C1CC1c1ccncc1. The van der Waals surface area contributed by atoms with Crippen LogP contribution in [-0.4, -0.2) is 23.6 Å². The maximum absolute atomic E-state index is 14.4. The average Bonchev–Trinajstić information content (AvgIpc) is 3.73. The normalized spacial score (nSPS) is 16.7. The summed E-state index contributed by atoms with van der Waals surface area (Å²) in [6.07, 6.45) is 4.08. The van der Waals surface area contributed by atoms with Crippen LogP contribution in [0.25, 0.3) is 0 Å². The molecule has 0 spiro atoms. The second kappa shape index (κ2) is 11.0. The highest BCUT2D eigenvalue weighted by molar-refractivity contribution is 7.89. The number of rotatable bonds is 9. The zero-order chi connectivity index (χ0) is 27.6. The van der Waals surface area contributed by atoms with E-state index in [1.807, 2.05) is 12.1 Å². The smallest absolute Gasteiger partial charge is 0.243 e. The summed E-state index contributed by atoms with van der Waals surface area (Å²) >= 11 is 0. The molecular weight excluding hydrogens is 527 g/mol. The summed E-state index contributed by atoms with van der Waals surface area (Å²) in [6.45, 7) is -0.818. The number of anilines is 1. The summed E-state index contributed by atoms with van der Waals surface area (Å²) in [5.41, 5.74) is 1.50. The van der Waals surface area contributed by atoms with Gasteiger partial charge in [0.2, 0.25) is 15.9 Å². The highest BCUT2D eigenvalue weighted by atomic mass is 32.2. The first-order valence-electron chi connectivity index (χ1n) is 12.2. The number of aromatic nitrogens is 1. The molecule has 1 N–H and O–H groups in total. The minimum Gasteiger partial charge on any atom is -0.326 e. The minimum atomic E-state index is -4.25. The van der Waals surface area contributed by atoms with E-state index < -0.39 is 39.6 Å². The highest BCUT2D eigenvalue weighted by Gasteiger charge is 2.43. The molecule has 3 aromatic carbocycles. The van der Waals surface area contributed by atoms with Crippen molar-refractivity contribution in [2.45, 2.75) is 30.3 Å². The molecule has 2 atom stereocenters. The zero-order valence-electron chi connectivity index (χ0n) is 20.6. The molecule has 1 fully saturated rings. The maximum atomic E-state index is 14.4. The molecule has 39 heavy (non-hydrogen) atoms. The van der Waals surface area contributed by atoms with Crippen LogP contribution >= 0.6 is 0 Å². The van der Waals surface area contributed by atoms with Gasteiger partial charge in [-0.15, -0.1) is 0 Å². The number of amides is 1. The number of nitrogens with one attached hydrogen (secondary N) is 1. The van der Waals surface area contributed by atoms with E-state index in [4.69, 9.17) is 0 Å². The van der Waals surface area contributed by atoms with Crippen molar-refractivity contribution in [3.8, 4) is 0 Å². The molecule has 0 aliphatic heterocycles. The van der Waals surface area contributed by atoms with Gasteiger partial charge in [-0.1, -0.05) is 18.2 Å². The van der Waals surface area contributed by atoms with Gasteiger partial charge in [-0.05, 0) is 84.1 Å². The summed E-state index contributed by atoms with van der Waals surface area (Å²) < 4.78 is 70.4. The molecule has 10 heteroatoms. The van der Waals surface area contributed by atoms with Crippen LogP contribution in [0.5, 0.6) is 0 Å². The van der Waals surface area contributed by atoms with E-state index >= 15 is 0 Å². The lowest BCUT2D eigenvalue weighted by molar-refractivity contribution is -0.117. The van der Waals surface area contributed by atoms with Crippen LogP contribution in [0.2, 0.25) is 0 Å². The summed E-state index contributed by atoms with van der Waals surface area (Å²) in [4.78, 5) is 16.6. The summed E-state index contributed by atoms with van der Waals surface area (Å²) in [5.74, 6) is -2.48. The molecule has 0 radical (unpaired) electrons. The lowest BCUT2D eigenvalue weighted by Gasteiger charge is -2.23. The van der Waals surface area contributed by atoms with Gasteiger partial charge in [0.05, 0.1) is 4.90 Å². The van der Waals surface area contributed by atoms with Gasteiger partial charge in [0, 0.05) is 42.7 Å². The van der Waals surface area contributed by atoms with Crippen molar-refractivity contribution in [3.05, 3.63) is 125 Å². The number of sulfonamides is 1.